The SMILES string of the molecule is CCCS(=O)(=O)N1CCN(c2nc(C(C)CC)nc(C)c2Cc2ccc([N+](=O)[O-])cc2)CC1. The number of aromatic nitrogens is 2. The van der Waals surface area contributed by atoms with Crippen molar-refractivity contribution < 1.29 is 13.3 Å². The lowest BCUT2D eigenvalue weighted by Crippen LogP contribution is -2.49. The van der Waals surface area contributed by atoms with Crippen molar-refractivity contribution in [2.75, 3.05) is 36.8 Å². The standard InChI is InChI=1S/C23H33N5O4S/c1-5-15-33(31,32)27-13-11-26(12-14-27)23-21(18(4)24-22(25-23)17(3)6-2)16-19-7-9-20(10-8-19)28(29)30/h7-10,17H,5-6,11-16H2,1-4H3. The molecule has 1 fully saturated rings. The Labute approximate surface area is 196 Å². The molecule has 0 spiro atoms. The lowest BCUT2D eigenvalue weighted by Gasteiger charge is -2.36. The summed E-state index contributed by atoms with van der Waals surface area (Å²) in [5.41, 5.74) is 2.85. The second-order valence-corrected chi connectivity index (χ2v) is 10.7. The molecule has 1 unspecified atom stereocenters. The summed E-state index contributed by atoms with van der Waals surface area (Å²) in [6.45, 7) is 10.0. The number of hydrogen-bond acceptors (Lipinski definition) is 7. The van der Waals surface area contributed by atoms with Crippen molar-refractivity contribution in [2.24, 2.45) is 0 Å². The summed E-state index contributed by atoms with van der Waals surface area (Å²) in [5.74, 6) is 2.01. The van der Waals surface area contributed by atoms with Crippen LogP contribution in [0.15, 0.2) is 24.3 Å². The Kier molecular flexibility index (Phi) is 8.01. The summed E-state index contributed by atoms with van der Waals surface area (Å²) >= 11 is 0. The molecule has 9 nitrogen and oxygen atoms in total. The second kappa shape index (κ2) is 10.6. The first kappa shape index (κ1) is 25.0. The van der Waals surface area contributed by atoms with Gasteiger partial charge in [-0.15, -0.1) is 0 Å². The van der Waals surface area contributed by atoms with Crippen LogP contribution in [0.25, 0.3) is 0 Å². The van der Waals surface area contributed by atoms with Crippen LogP contribution >= 0.6 is 0 Å². The van der Waals surface area contributed by atoms with Gasteiger partial charge in [-0.25, -0.2) is 18.4 Å². The van der Waals surface area contributed by atoms with Crippen LogP contribution in [0.2, 0.25) is 0 Å². The maximum atomic E-state index is 12.5. The first-order chi connectivity index (χ1) is 15.7. The van der Waals surface area contributed by atoms with Crippen LogP contribution < -0.4 is 4.90 Å². The molecule has 180 valence electrons. The minimum absolute atomic E-state index is 0.0588. The van der Waals surface area contributed by atoms with Crippen molar-refractivity contribution >= 4 is 21.5 Å². The molecule has 2 heterocycles. The van der Waals surface area contributed by atoms with E-state index >= 15 is 0 Å². The Balaban J connectivity index is 1.91. The molecule has 2 aromatic rings. The van der Waals surface area contributed by atoms with Gasteiger partial charge in [0.25, 0.3) is 5.69 Å². The maximum Gasteiger partial charge on any atom is 0.269 e. The molecule has 1 aliphatic rings. The molecule has 0 aliphatic carbocycles. The average Bonchev–Trinajstić information content (AvgIpc) is 2.80. The molecule has 0 saturated carbocycles. The fourth-order valence-electron chi connectivity index (χ4n) is 3.98. The monoisotopic (exact) mass is 475 g/mol. The highest BCUT2D eigenvalue weighted by molar-refractivity contribution is 7.89. The molecule has 0 N–H and O–H groups in total. The summed E-state index contributed by atoms with van der Waals surface area (Å²) in [5, 5.41) is 11.0. The number of nitro benzene ring substituents is 1. The number of aryl methyl sites for hydroxylation is 1. The van der Waals surface area contributed by atoms with E-state index in [0.29, 0.717) is 39.0 Å². The fourth-order valence-corrected chi connectivity index (χ4v) is 5.47. The highest BCUT2D eigenvalue weighted by atomic mass is 32.2. The van der Waals surface area contributed by atoms with Gasteiger partial charge in [-0.3, -0.25) is 10.1 Å². The van der Waals surface area contributed by atoms with Crippen molar-refractivity contribution in [1.29, 1.82) is 0 Å². The first-order valence-corrected chi connectivity index (χ1v) is 13.1. The Hall–Kier alpha value is -2.59. The number of nitro groups is 1. The number of anilines is 1. The summed E-state index contributed by atoms with van der Waals surface area (Å²) in [4.78, 5) is 22.4. The molecule has 1 aromatic carbocycles. The zero-order chi connectivity index (χ0) is 24.2. The predicted octanol–water partition coefficient (Wildman–Crippen LogP) is 3.66. The van der Waals surface area contributed by atoms with E-state index in [9.17, 15) is 18.5 Å². The number of non-ortho nitro benzene ring substituents is 1. The molecule has 3 rings (SSSR count). The van der Waals surface area contributed by atoms with E-state index in [1.54, 1.807) is 16.4 Å². The summed E-state index contributed by atoms with van der Waals surface area (Å²) in [6, 6.07) is 6.55. The molecule has 0 radical (unpaired) electrons. The van der Waals surface area contributed by atoms with Crippen LogP contribution in [0.4, 0.5) is 11.5 Å². The van der Waals surface area contributed by atoms with Crippen molar-refractivity contribution in [3.8, 4) is 0 Å². The van der Waals surface area contributed by atoms with Crippen LogP contribution in [0, 0.1) is 17.0 Å². The predicted molar refractivity (Wildman–Crippen MR) is 129 cm³/mol. The number of piperazine rings is 1. The van der Waals surface area contributed by atoms with Gasteiger partial charge < -0.3 is 4.90 Å². The van der Waals surface area contributed by atoms with E-state index in [2.05, 4.69) is 18.7 Å². The van der Waals surface area contributed by atoms with E-state index in [4.69, 9.17) is 9.97 Å². The van der Waals surface area contributed by atoms with Gasteiger partial charge in [-0.1, -0.05) is 32.9 Å². The molecular weight excluding hydrogens is 442 g/mol. The van der Waals surface area contributed by atoms with Gasteiger partial charge >= 0.3 is 0 Å². The van der Waals surface area contributed by atoms with Crippen LogP contribution in [-0.4, -0.2) is 59.5 Å². The molecule has 0 bridgehead atoms. The molecule has 1 saturated heterocycles. The lowest BCUT2D eigenvalue weighted by atomic mass is 10.0. The molecule has 1 aliphatic heterocycles. The largest absolute Gasteiger partial charge is 0.354 e. The average molecular weight is 476 g/mol. The van der Waals surface area contributed by atoms with Crippen LogP contribution in [0.3, 0.4) is 0 Å². The van der Waals surface area contributed by atoms with Gasteiger partial charge in [-0.2, -0.15) is 4.31 Å². The highest BCUT2D eigenvalue weighted by Gasteiger charge is 2.29. The molecule has 1 atom stereocenters. The van der Waals surface area contributed by atoms with Gasteiger partial charge in [-0.05, 0) is 25.3 Å². The smallest absolute Gasteiger partial charge is 0.269 e. The number of sulfonamides is 1. The summed E-state index contributed by atoms with van der Waals surface area (Å²) < 4.78 is 26.5. The van der Waals surface area contributed by atoms with E-state index < -0.39 is 14.9 Å². The first-order valence-electron chi connectivity index (χ1n) is 11.5. The van der Waals surface area contributed by atoms with E-state index in [1.807, 2.05) is 13.8 Å². The summed E-state index contributed by atoms with van der Waals surface area (Å²) in [7, 11) is -3.22. The van der Waals surface area contributed by atoms with E-state index in [0.717, 1.165) is 34.9 Å². The van der Waals surface area contributed by atoms with Gasteiger partial charge in [0, 0.05) is 61.9 Å². The van der Waals surface area contributed by atoms with Crippen LogP contribution in [0.1, 0.15) is 62.2 Å². The Bertz CT molecular complexity index is 1080. The van der Waals surface area contributed by atoms with Crippen molar-refractivity contribution in [1.82, 2.24) is 14.3 Å². The summed E-state index contributed by atoms with van der Waals surface area (Å²) in [6.07, 6.45) is 2.07. The highest BCUT2D eigenvalue weighted by Crippen LogP contribution is 2.28. The third kappa shape index (κ3) is 5.86. The lowest BCUT2D eigenvalue weighted by molar-refractivity contribution is -0.384. The van der Waals surface area contributed by atoms with Crippen LogP contribution in [-0.2, 0) is 16.4 Å². The fraction of sp³-hybridized carbons (Fsp3) is 0.565. The normalized spacial score (nSPS) is 16.1. The van der Waals surface area contributed by atoms with E-state index in [-0.39, 0.29) is 17.4 Å². The zero-order valence-corrected chi connectivity index (χ0v) is 20.6. The van der Waals surface area contributed by atoms with Crippen molar-refractivity contribution in [3.63, 3.8) is 0 Å². The molecular formula is C23H33N5O4S. The maximum absolute atomic E-state index is 12.5. The number of rotatable bonds is 9. The quantitative estimate of drug-likeness (QED) is 0.402. The second-order valence-electron chi connectivity index (χ2n) is 8.58. The minimum Gasteiger partial charge on any atom is -0.354 e. The minimum atomic E-state index is -3.22. The molecule has 1 aromatic heterocycles. The number of hydrogen-bond donors (Lipinski definition) is 0. The Morgan fingerprint density at radius 3 is 2.27 bits per heavy atom. The van der Waals surface area contributed by atoms with Gasteiger partial charge in [0.15, 0.2) is 0 Å². The topological polar surface area (TPSA) is 110 Å². The van der Waals surface area contributed by atoms with Gasteiger partial charge in [0.05, 0.1) is 10.7 Å². The molecule has 10 heteroatoms. The number of benzene rings is 1. The Morgan fingerprint density at radius 1 is 1.09 bits per heavy atom. The third-order valence-corrected chi connectivity index (χ3v) is 8.26. The van der Waals surface area contributed by atoms with Gasteiger partial charge in [0.2, 0.25) is 10.0 Å². The Morgan fingerprint density at radius 2 is 1.73 bits per heavy atom. The molecule has 0 amide bonds. The zero-order valence-electron chi connectivity index (χ0n) is 19.8. The van der Waals surface area contributed by atoms with E-state index in [1.165, 1.54) is 12.1 Å². The van der Waals surface area contributed by atoms with Crippen molar-refractivity contribution in [3.05, 3.63) is 57.0 Å². The molecule has 33 heavy (non-hydrogen) atoms. The number of nitrogens with zero attached hydrogens (tertiary/aromatic N) is 5. The van der Waals surface area contributed by atoms with Crippen molar-refractivity contribution in [2.45, 2.75) is 52.9 Å². The van der Waals surface area contributed by atoms with Crippen LogP contribution in [0.5, 0.6) is 0 Å². The van der Waals surface area contributed by atoms with Gasteiger partial charge in [0.1, 0.15) is 11.6 Å². The third-order valence-electron chi connectivity index (χ3n) is 6.18.